The van der Waals surface area contributed by atoms with Crippen LogP contribution in [0.1, 0.15) is 5.76 Å². The predicted molar refractivity (Wildman–Crippen MR) is 104 cm³/mol. The Balaban J connectivity index is 1.53. The van der Waals surface area contributed by atoms with E-state index in [-0.39, 0.29) is 5.91 Å². The van der Waals surface area contributed by atoms with E-state index in [1.807, 2.05) is 72.1 Å². The normalized spacial score (nSPS) is 11.2. The molecule has 122 valence electrons. The van der Waals surface area contributed by atoms with Gasteiger partial charge < -0.3 is 9.73 Å². The van der Waals surface area contributed by atoms with Crippen molar-refractivity contribution in [1.82, 2.24) is 0 Å². The summed E-state index contributed by atoms with van der Waals surface area (Å²) >= 11 is 1.65. The van der Waals surface area contributed by atoms with Gasteiger partial charge >= 0.3 is 0 Å². The number of carbonyl (C=O) groups excluding carboxylic acids is 1. The van der Waals surface area contributed by atoms with E-state index in [9.17, 15) is 4.79 Å². The molecule has 0 aliphatic heterocycles. The molecule has 0 atom stereocenters. The van der Waals surface area contributed by atoms with Crippen LogP contribution in [0.5, 0.6) is 0 Å². The molecule has 0 fully saturated rings. The Bertz CT molecular complexity index is 1010. The van der Waals surface area contributed by atoms with Crippen molar-refractivity contribution in [2.75, 3.05) is 5.32 Å². The van der Waals surface area contributed by atoms with Crippen molar-refractivity contribution in [3.63, 3.8) is 0 Å². The molecule has 3 nitrogen and oxygen atoms in total. The second-order valence-electron chi connectivity index (χ2n) is 5.53. The quantitative estimate of drug-likeness (QED) is 0.474. The molecule has 4 heteroatoms. The predicted octanol–water partition coefficient (Wildman–Crippen LogP) is 5.81. The number of rotatable bonds is 4. The van der Waals surface area contributed by atoms with Gasteiger partial charge in [0, 0.05) is 27.6 Å². The third kappa shape index (κ3) is 3.39. The van der Waals surface area contributed by atoms with Crippen LogP contribution in [-0.2, 0) is 4.79 Å². The second-order valence-corrected chi connectivity index (χ2v) is 6.48. The zero-order chi connectivity index (χ0) is 17.1. The second kappa shape index (κ2) is 6.79. The van der Waals surface area contributed by atoms with Crippen molar-refractivity contribution in [1.29, 1.82) is 0 Å². The van der Waals surface area contributed by atoms with Crippen molar-refractivity contribution in [2.45, 2.75) is 0 Å². The largest absolute Gasteiger partial charge is 0.457 e. The van der Waals surface area contributed by atoms with E-state index < -0.39 is 0 Å². The van der Waals surface area contributed by atoms with Gasteiger partial charge in [-0.1, -0.05) is 42.5 Å². The lowest BCUT2D eigenvalue weighted by atomic mass is 10.1. The fraction of sp³-hybridized carbons (Fsp3) is 0. The summed E-state index contributed by atoms with van der Waals surface area (Å²) < 4.78 is 5.69. The third-order valence-electron chi connectivity index (χ3n) is 3.82. The fourth-order valence-corrected chi connectivity index (χ4v) is 3.42. The van der Waals surface area contributed by atoms with Crippen molar-refractivity contribution < 1.29 is 9.21 Å². The van der Waals surface area contributed by atoms with E-state index in [1.165, 1.54) is 6.08 Å². The molecular weight excluding hydrogens is 330 g/mol. The number of hydrogen-bond donors (Lipinski definition) is 1. The molecule has 25 heavy (non-hydrogen) atoms. The maximum atomic E-state index is 12.3. The van der Waals surface area contributed by atoms with Gasteiger partial charge in [-0.15, -0.1) is 11.3 Å². The van der Waals surface area contributed by atoms with Gasteiger partial charge in [-0.3, -0.25) is 4.79 Å². The number of hydrogen-bond acceptors (Lipinski definition) is 3. The highest BCUT2D eigenvalue weighted by Crippen LogP contribution is 2.31. The minimum atomic E-state index is -0.190. The number of nitrogens with one attached hydrogen (secondary N) is 1. The van der Waals surface area contributed by atoms with Gasteiger partial charge in [0.05, 0.1) is 0 Å². The number of amides is 1. The summed E-state index contributed by atoms with van der Waals surface area (Å²) in [5, 5.41) is 5.98. The first-order chi connectivity index (χ1) is 12.3. The van der Waals surface area contributed by atoms with Crippen molar-refractivity contribution in [3.8, 4) is 10.4 Å². The van der Waals surface area contributed by atoms with Gasteiger partial charge in [0.15, 0.2) is 0 Å². The number of carbonyl (C=O) groups is 1. The van der Waals surface area contributed by atoms with Crippen molar-refractivity contribution in [2.24, 2.45) is 0 Å². The molecule has 0 saturated carbocycles. The van der Waals surface area contributed by atoms with Gasteiger partial charge in [-0.05, 0) is 35.7 Å². The molecule has 0 radical (unpaired) electrons. The number of thiophene rings is 1. The van der Waals surface area contributed by atoms with Crippen LogP contribution in [0, 0.1) is 0 Å². The summed E-state index contributed by atoms with van der Waals surface area (Å²) in [5.74, 6) is 0.465. The lowest BCUT2D eigenvalue weighted by Gasteiger charge is -2.08. The minimum absolute atomic E-state index is 0.190. The van der Waals surface area contributed by atoms with Crippen LogP contribution in [-0.4, -0.2) is 5.91 Å². The van der Waals surface area contributed by atoms with Gasteiger partial charge in [0.25, 0.3) is 0 Å². The molecule has 1 amide bonds. The van der Waals surface area contributed by atoms with E-state index >= 15 is 0 Å². The number of furan rings is 1. The molecule has 0 bridgehead atoms. The first-order valence-electron chi connectivity index (χ1n) is 7.90. The number of benzene rings is 2. The van der Waals surface area contributed by atoms with E-state index in [2.05, 4.69) is 5.32 Å². The van der Waals surface area contributed by atoms with Gasteiger partial charge in [0.2, 0.25) is 5.91 Å². The smallest absolute Gasteiger partial charge is 0.248 e. The zero-order valence-corrected chi connectivity index (χ0v) is 14.1. The standard InChI is InChI=1S/C21H15NO2S/c23-21(12-11-16-14-15-6-1-4-9-19(15)24-16)22-18-8-3-2-7-17(18)20-10-5-13-25-20/h1-14H,(H,22,23)/b12-11+. The summed E-state index contributed by atoms with van der Waals surface area (Å²) in [4.78, 5) is 13.4. The van der Waals surface area contributed by atoms with Crippen LogP contribution in [0.15, 0.2) is 82.6 Å². The van der Waals surface area contributed by atoms with Crippen LogP contribution in [0.25, 0.3) is 27.5 Å². The molecule has 2 aromatic carbocycles. The van der Waals surface area contributed by atoms with Crippen molar-refractivity contribution in [3.05, 3.63) is 83.9 Å². The average Bonchev–Trinajstić information content (AvgIpc) is 3.30. The van der Waals surface area contributed by atoms with E-state index in [0.29, 0.717) is 5.76 Å². The minimum Gasteiger partial charge on any atom is -0.457 e. The summed E-state index contributed by atoms with van der Waals surface area (Å²) in [7, 11) is 0. The van der Waals surface area contributed by atoms with E-state index in [4.69, 9.17) is 4.42 Å². The van der Waals surface area contributed by atoms with Crippen LogP contribution in [0.3, 0.4) is 0 Å². The lowest BCUT2D eigenvalue weighted by molar-refractivity contribution is -0.111. The monoisotopic (exact) mass is 345 g/mol. The Morgan fingerprint density at radius 3 is 2.68 bits per heavy atom. The molecule has 2 aromatic heterocycles. The Morgan fingerprint density at radius 1 is 1.00 bits per heavy atom. The maximum Gasteiger partial charge on any atom is 0.248 e. The molecule has 0 spiro atoms. The molecular formula is C21H15NO2S. The highest BCUT2D eigenvalue weighted by molar-refractivity contribution is 7.13. The van der Waals surface area contributed by atoms with Gasteiger partial charge in [-0.2, -0.15) is 0 Å². The third-order valence-corrected chi connectivity index (χ3v) is 4.72. The Labute approximate surface area is 149 Å². The summed E-state index contributed by atoms with van der Waals surface area (Å²) in [6.45, 7) is 0. The molecule has 2 heterocycles. The first-order valence-corrected chi connectivity index (χ1v) is 8.78. The van der Waals surface area contributed by atoms with Crippen LogP contribution < -0.4 is 5.32 Å². The molecule has 0 saturated heterocycles. The summed E-state index contributed by atoms with van der Waals surface area (Å²) in [6, 6.07) is 21.5. The van der Waals surface area contributed by atoms with Gasteiger partial charge in [-0.25, -0.2) is 0 Å². The van der Waals surface area contributed by atoms with E-state index in [0.717, 1.165) is 27.1 Å². The van der Waals surface area contributed by atoms with Gasteiger partial charge in [0.1, 0.15) is 11.3 Å². The molecule has 4 rings (SSSR count). The first kappa shape index (κ1) is 15.4. The topological polar surface area (TPSA) is 42.2 Å². The molecule has 0 unspecified atom stereocenters. The van der Waals surface area contributed by atoms with Crippen molar-refractivity contribution >= 4 is 40.0 Å². The summed E-state index contributed by atoms with van der Waals surface area (Å²) in [6.07, 6.45) is 3.17. The molecule has 0 aliphatic carbocycles. The fourth-order valence-electron chi connectivity index (χ4n) is 2.66. The Kier molecular flexibility index (Phi) is 4.19. The molecule has 4 aromatic rings. The van der Waals surface area contributed by atoms with E-state index in [1.54, 1.807) is 17.4 Å². The Morgan fingerprint density at radius 2 is 1.84 bits per heavy atom. The SMILES string of the molecule is O=C(/C=C/c1cc2ccccc2o1)Nc1ccccc1-c1cccs1. The maximum absolute atomic E-state index is 12.3. The molecule has 0 aliphatic rings. The lowest BCUT2D eigenvalue weighted by Crippen LogP contribution is -2.08. The van der Waals surface area contributed by atoms with Crippen LogP contribution >= 0.6 is 11.3 Å². The number of fused-ring (bicyclic) bond motifs is 1. The average molecular weight is 345 g/mol. The number of anilines is 1. The zero-order valence-electron chi connectivity index (χ0n) is 13.3. The van der Waals surface area contributed by atoms with Crippen LogP contribution in [0.2, 0.25) is 0 Å². The van der Waals surface area contributed by atoms with Crippen LogP contribution in [0.4, 0.5) is 5.69 Å². The number of para-hydroxylation sites is 2. The summed E-state index contributed by atoms with van der Waals surface area (Å²) in [5.41, 5.74) is 2.62. The highest BCUT2D eigenvalue weighted by Gasteiger charge is 2.07. The highest BCUT2D eigenvalue weighted by atomic mass is 32.1. The Hall–Kier alpha value is -3.11. The molecule has 1 N–H and O–H groups in total.